The van der Waals surface area contributed by atoms with Crippen molar-refractivity contribution in [3.8, 4) is 0 Å². The number of nitrogens with one attached hydrogen (secondary N) is 1. The minimum atomic E-state index is 0.248. The van der Waals surface area contributed by atoms with E-state index in [2.05, 4.69) is 39.9 Å². The van der Waals surface area contributed by atoms with Gasteiger partial charge in [-0.15, -0.1) is 0 Å². The van der Waals surface area contributed by atoms with Crippen LogP contribution in [0, 0.1) is 10.8 Å². The van der Waals surface area contributed by atoms with Crippen LogP contribution in [0.15, 0.2) is 0 Å². The Bertz CT molecular complexity index is 241. The van der Waals surface area contributed by atoms with E-state index in [-0.39, 0.29) is 10.8 Å². The molecule has 0 aromatic carbocycles. The van der Waals surface area contributed by atoms with E-state index >= 15 is 0 Å². The van der Waals surface area contributed by atoms with Crippen LogP contribution in [-0.4, -0.2) is 31.8 Å². The highest BCUT2D eigenvalue weighted by Gasteiger charge is 2.49. The van der Waals surface area contributed by atoms with E-state index in [0.717, 1.165) is 39.0 Å². The highest BCUT2D eigenvalue weighted by atomic mass is 16.5. The second kappa shape index (κ2) is 6.36. The molecule has 2 unspecified atom stereocenters. The van der Waals surface area contributed by atoms with Crippen molar-refractivity contribution in [1.29, 1.82) is 0 Å². The molecule has 3 nitrogen and oxygen atoms in total. The van der Waals surface area contributed by atoms with Gasteiger partial charge in [-0.2, -0.15) is 0 Å². The minimum Gasteiger partial charge on any atom is -0.378 e. The minimum absolute atomic E-state index is 0.248. The summed E-state index contributed by atoms with van der Waals surface area (Å²) < 4.78 is 5.77. The van der Waals surface area contributed by atoms with Crippen LogP contribution in [0.25, 0.3) is 0 Å². The molecule has 2 atom stereocenters. The molecule has 3 heteroatoms. The van der Waals surface area contributed by atoms with E-state index in [1.807, 2.05) is 0 Å². The maximum atomic E-state index is 5.95. The third-order valence-corrected chi connectivity index (χ3v) is 5.20. The zero-order valence-corrected chi connectivity index (χ0v) is 12.9. The molecule has 0 heterocycles. The van der Waals surface area contributed by atoms with Gasteiger partial charge in [0.25, 0.3) is 0 Å². The predicted molar refractivity (Wildman–Crippen MR) is 77.7 cm³/mol. The van der Waals surface area contributed by atoms with Crippen molar-refractivity contribution >= 4 is 0 Å². The zero-order chi connectivity index (χ0) is 13.8. The molecule has 0 aromatic heterocycles. The van der Waals surface area contributed by atoms with Crippen molar-refractivity contribution in [3.63, 3.8) is 0 Å². The summed E-state index contributed by atoms with van der Waals surface area (Å²) in [7, 11) is 0. The summed E-state index contributed by atoms with van der Waals surface area (Å²) in [5.41, 5.74) is 6.47. The molecule has 0 radical (unpaired) electrons. The lowest BCUT2D eigenvalue weighted by atomic mass is 9.64. The Balaban J connectivity index is 2.46. The molecule has 0 aromatic rings. The summed E-state index contributed by atoms with van der Waals surface area (Å²) in [6, 6.07) is 0.568. The molecule has 1 fully saturated rings. The Morgan fingerprint density at radius 1 is 1.28 bits per heavy atom. The Labute approximate surface area is 113 Å². The van der Waals surface area contributed by atoms with E-state index in [9.17, 15) is 0 Å². The smallest absolute Gasteiger partial charge is 0.0655 e. The first-order valence-corrected chi connectivity index (χ1v) is 7.50. The highest BCUT2D eigenvalue weighted by molar-refractivity contribution is 5.03. The molecule has 0 saturated heterocycles. The molecule has 0 spiro atoms. The van der Waals surface area contributed by atoms with Gasteiger partial charge in [-0.05, 0) is 38.1 Å². The van der Waals surface area contributed by atoms with Gasteiger partial charge in [-0.25, -0.2) is 0 Å². The van der Waals surface area contributed by atoms with Gasteiger partial charge in [0.2, 0.25) is 0 Å². The molecule has 0 aliphatic heterocycles. The lowest BCUT2D eigenvalue weighted by Crippen LogP contribution is -2.62. The summed E-state index contributed by atoms with van der Waals surface area (Å²) >= 11 is 0. The van der Waals surface area contributed by atoms with Crippen LogP contribution in [-0.2, 0) is 4.74 Å². The van der Waals surface area contributed by atoms with Crippen LogP contribution in [0.2, 0.25) is 0 Å². The Hall–Kier alpha value is -0.120. The summed E-state index contributed by atoms with van der Waals surface area (Å²) in [6.07, 6.45) is 3.84. The quantitative estimate of drug-likeness (QED) is 0.701. The lowest BCUT2D eigenvalue weighted by molar-refractivity contribution is -0.115. The molecular weight excluding hydrogens is 224 g/mol. The first-order valence-electron chi connectivity index (χ1n) is 7.50. The standard InChI is InChI=1S/C15H32N2O/c1-6-15(7-2,10-16)11-17-12-9-13(18-8-3)14(12,4)5/h12-13,17H,6-11,16H2,1-5H3. The number of rotatable bonds is 8. The molecule has 1 aliphatic rings. The van der Waals surface area contributed by atoms with Crippen molar-refractivity contribution in [1.82, 2.24) is 5.32 Å². The van der Waals surface area contributed by atoms with Gasteiger partial charge in [-0.1, -0.05) is 27.7 Å². The maximum absolute atomic E-state index is 5.95. The van der Waals surface area contributed by atoms with Crippen LogP contribution < -0.4 is 11.1 Å². The van der Waals surface area contributed by atoms with Crippen molar-refractivity contribution in [2.45, 2.75) is 66.0 Å². The average molecular weight is 256 g/mol. The summed E-state index contributed by atoms with van der Waals surface area (Å²) in [6.45, 7) is 13.8. The Morgan fingerprint density at radius 2 is 1.89 bits per heavy atom. The van der Waals surface area contributed by atoms with Crippen molar-refractivity contribution in [3.05, 3.63) is 0 Å². The van der Waals surface area contributed by atoms with E-state index in [0.29, 0.717) is 12.1 Å². The van der Waals surface area contributed by atoms with Crippen LogP contribution >= 0.6 is 0 Å². The molecule has 18 heavy (non-hydrogen) atoms. The van der Waals surface area contributed by atoms with Crippen LogP contribution in [0.4, 0.5) is 0 Å². The molecular formula is C15H32N2O. The predicted octanol–water partition coefficient (Wildman–Crippen LogP) is 2.54. The Kier molecular flexibility index (Phi) is 5.63. The summed E-state index contributed by atoms with van der Waals surface area (Å²) in [5.74, 6) is 0. The van der Waals surface area contributed by atoms with Gasteiger partial charge < -0.3 is 15.8 Å². The lowest BCUT2D eigenvalue weighted by Gasteiger charge is -2.52. The molecule has 108 valence electrons. The topological polar surface area (TPSA) is 47.3 Å². The molecule has 0 bridgehead atoms. The summed E-state index contributed by atoms with van der Waals surface area (Å²) in [4.78, 5) is 0. The fraction of sp³-hybridized carbons (Fsp3) is 1.00. The fourth-order valence-corrected chi connectivity index (χ4v) is 2.92. The molecule has 3 N–H and O–H groups in total. The van der Waals surface area contributed by atoms with Crippen molar-refractivity contribution in [2.24, 2.45) is 16.6 Å². The largest absolute Gasteiger partial charge is 0.378 e. The van der Waals surface area contributed by atoms with Gasteiger partial charge in [-0.3, -0.25) is 0 Å². The maximum Gasteiger partial charge on any atom is 0.0655 e. The second-order valence-electron chi connectivity index (χ2n) is 6.35. The molecule has 1 rings (SSSR count). The first-order chi connectivity index (χ1) is 8.45. The van der Waals surface area contributed by atoms with Gasteiger partial charge in [0, 0.05) is 24.6 Å². The molecule has 1 aliphatic carbocycles. The van der Waals surface area contributed by atoms with Crippen molar-refractivity contribution in [2.75, 3.05) is 19.7 Å². The van der Waals surface area contributed by atoms with Crippen LogP contribution in [0.1, 0.15) is 53.9 Å². The van der Waals surface area contributed by atoms with E-state index < -0.39 is 0 Å². The first kappa shape index (κ1) is 15.9. The SMILES string of the molecule is CCOC1CC(NCC(CC)(CC)CN)C1(C)C. The molecule has 1 saturated carbocycles. The number of hydrogen-bond acceptors (Lipinski definition) is 3. The van der Waals surface area contributed by atoms with Crippen LogP contribution in [0.5, 0.6) is 0 Å². The number of ether oxygens (including phenoxy) is 1. The van der Waals surface area contributed by atoms with Crippen LogP contribution in [0.3, 0.4) is 0 Å². The normalized spacial score (nSPS) is 27.0. The van der Waals surface area contributed by atoms with E-state index in [4.69, 9.17) is 10.5 Å². The fourth-order valence-electron chi connectivity index (χ4n) is 2.92. The monoisotopic (exact) mass is 256 g/mol. The number of hydrogen-bond donors (Lipinski definition) is 2. The summed E-state index contributed by atoms with van der Waals surface area (Å²) in [5, 5.41) is 3.73. The van der Waals surface area contributed by atoms with Gasteiger partial charge in [0.05, 0.1) is 6.10 Å². The highest BCUT2D eigenvalue weighted by Crippen LogP contribution is 2.43. The third kappa shape index (κ3) is 3.06. The van der Waals surface area contributed by atoms with Crippen molar-refractivity contribution < 1.29 is 4.74 Å². The van der Waals surface area contributed by atoms with Gasteiger partial charge in [0.1, 0.15) is 0 Å². The average Bonchev–Trinajstić information content (AvgIpc) is 2.38. The molecule has 0 amide bonds. The van der Waals surface area contributed by atoms with E-state index in [1.165, 1.54) is 0 Å². The Morgan fingerprint density at radius 3 is 2.28 bits per heavy atom. The zero-order valence-electron chi connectivity index (χ0n) is 12.9. The van der Waals surface area contributed by atoms with E-state index in [1.54, 1.807) is 0 Å². The number of nitrogens with two attached hydrogens (primary N) is 1. The van der Waals surface area contributed by atoms with Gasteiger partial charge in [0.15, 0.2) is 0 Å². The second-order valence-corrected chi connectivity index (χ2v) is 6.35. The third-order valence-electron chi connectivity index (χ3n) is 5.20. The van der Waals surface area contributed by atoms with Gasteiger partial charge >= 0.3 is 0 Å².